The molecule has 4 atom stereocenters. The van der Waals surface area contributed by atoms with Gasteiger partial charge in [0, 0.05) is 64.5 Å². The molecule has 16 heteroatoms. The van der Waals surface area contributed by atoms with E-state index in [-0.39, 0.29) is 24.3 Å². The second-order valence-electron chi connectivity index (χ2n) is 18.1. The van der Waals surface area contributed by atoms with Gasteiger partial charge in [0.2, 0.25) is 0 Å². The number of rotatable bonds is 4. The number of nitrogen functional groups attached to an aromatic ring is 2. The molecule has 0 radical (unpaired) electrons. The van der Waals surface area contributed by atoms with Crippen LogP contribution < -0.4 is 16.9 Å². The molecule has 4 aromatic heterocycles. The molecule has 5 heterocycles. The summed E-state index contributed by atoms with van der Waals surface area (Å²) in [5.74, 6) is 0. The minimum absolute atomic E-state index is 0.219. The van der Waals surface area contributed by atoms with Gasteiger partial charge in [0.05, 0.1) is 74.8 Å². The van der Waals surface area contributed by atoms with Gasteiger partial charge >= 0.3 is 7.12 Å². The molecule has 3 fully saturated rings. The van der Waals surface area contributed by atoms with Crippen molar-refractivity contribution in [3.63, 3.8) is 0 Å². The van der Waals surface area contributed by atoms with E-state index in [0.717, 1.165) is 105 Å². The Balaban J connectivity index is 0.000000161. The standard InChI is InChI=1S/C22H29BN2O3.C21H21ClN4O.C5H4BrClN2/c1-14-10-20-17(12-19(14)24-6)18(23-27-21(2,3)22(4,5)28-23)13-25(20)15-8-7-9-16(26)11-15;1-12-6-20-15(8-19(12)24-2)17(16-9-25-10-18(23)21(16)22)11-26(20)13-4-3-5-14(27)7-13;6-3-1-9-2-4(8)5(3)7/h10,12-13,15-16,26H,7-9,11H2,1-5H3;6,8-11,13-14,27H,3-5,7,23H2,1H3;1-2H,8H2/t15-,16+;13-,14+;/m11./s1. The number of pyridine rings is 2. The molecule has 9 rings (SSSR count). The number of aliphatic hydroxyl groups is 2. The third-order valence-corrected chi connectivity index (χ3v) is 14.8. The van der Waals surface area contributed by atoms with Crippen LogP contribution in [0.15, 0.2) is 65.9 Å². The van der Waals surface area contributed by atoms with Crippen molar-refractivity contribution < 1.29 is 19.5 Å². The number of aromatic nitrogens is 4. The van der Waals surface area contributed by atoms with Crippen molar-refractivity contribution in [2.24, 2.45) is 0 Å². The third-order valence-electron chi connectivity index (χ3n) is 13.2. The van der Waals surface area contributed by atoms with Gasteiger partial charge in [-0.25, -0.2) is 9.69 Å². The van der Waals surface area contributed by atoms with E-state index in [2.05, 4.69) is 96.9 Å². The lowest BCUT2D eigenvalue weighted by molar-refractivity contribution is 0.00578. The van der Waals surface area contributed by atoms with Crippen LogP contribution in [0.2, 0.25) is 10.0 Å². The van der Waals surface area contributed by atoms with Crippen LogP contribution in [0.25, 0.3) is 42.6 Å². The second-order valence-corrected chi connectivity index (χ2v) is 19.7. The highest BCUT2D eigenvalue weighted by Gasteiger charge is 2.52. The summed E-state index contributed by atoms with van der Waals surface area (Å²) in [5, 5.41) is 23.3. The Hall–Kier alpha value is -4.64. The molecule has 0 amide bonds. The first-order valence-electron chi connectivity index (χ1n) is 21.5. The number of anilines is 2. The van der Waals surface area contributed by atoms with Crippen molar-refractivity contribution in [1.29, 1.82) is 0 Å². The Morgan fingerprint density at radius 3 is 1.70 bits per heavy atom. The molecule has 0 spiro atoms. The van der Waals surface area contributed by atoms with Crippen molar-refractivity contribution >= 4 is 96.3 Å². The predicted octanol–water partition coefficient (Wildman–Crippen LogP) is 11.6. The normalized spacial score (nSPS) is 21.4. The fourth-order valence-corrected chi connectivity index (χ4v) is 9.53. The molecular formula is C48H54BBrCl2N8O4. The van der Waals surface area contributed by atoms with Gasteiger partial charge in [-0.3, -0.25) is 9.97 Å². The molecule has 2 aliphatic carbocycles. The number of nitrogens with zero attached hydrogens (tertiary/aromatic N) is 6. The zero-order valence-corrected chi connectivity index (χ0v) is 40.1. The maximum atomic E-state index is 10.2. The minimum atomic E-state index is -0.469. The third kappa shape index (κ3) is 9.52. The van der Waals surface area contributed by atoms with Gasteiger partial charge < -0.3 is 40.1 Å². The van der Waals surface area contributed by atoms with E-state index >= 15 is 0 Å². The topological polar surface area (TPSA) is 155 Å². The van der Waals surface area contributed by atoms with Crippen LogP contribution in [0.3, 0.4) is 0 Å². The Labute approximate surface area is 393 Å². The first-order valence-corrected chi connectivity index (χ1v) is 23.1. The summed E-state index contributed by atoms with van der Waals surface area (Å²) < 4.78 is 17.9. The molecule has 6 aromatic rings. The van der Waals surface area contributed by atoms with E-state index in [9.17, 15) is 10.2 Å². The molecule has 12 nitrogen and oxygen atoms in total. The molecule has 0 bridgehead atoms. The largest absolute Gasteiger partial charge is 0.496 e. The lowest BCUT2D eigenvalue weighted by atomic mass is 9.79. The molecule has 2 aromatic carbocycles. The number of halogens is 3. The average Bonchev–Trinajstić information content (AvgIpc) is 3.87. The molecule has 1 saturated heterocycles. The number of fused-ring (bicyclic) bond motifs is 2. The first-order chi connectivity index (χ1) is 30.3. The maximum Gasteiger partial charge on any atom is 0.496 e. The van der Waals surface area contributed by atoms with E-state index in [1.807, 2.05) is 26.0 Å². The number of hydrogen-bond donors (Lipinski definition) is 4. The smallest absolute Gasteiger partial charge is 0.399 e. The van der Waals surface area contributed by atoms with Crippen molar-refractivity contribution in [1.82, 2.24) is 19.1 Å². The second kappa shape index (κ2) is 19.1. The first kappa shape index (κ1) is 47.3. The van der Waals surface area contributed by atoms with Crippen molar-refractivity contribution in [2.75, 3.05) is 11.5 Å². The van der Waals surface area contributed by atoms with Crippen LogP contribution in [0.4, 0.5) is 22.7 Å². The van der Waals surface area contributed by atoms with E-state index in [1.54, 1.807) is 12.4 Å². The van der Waals surface area contributed by atoms with Gasteiger partial charge in [0.15, 0.2) is 11.4 Å². The zero-order valence-electron chi connectivity index (χ0n) is 37.0. The number of aryl methyl sites for hydroxylation is 2. The van der Waals surface area contributed by atoms with Crippen LogP contribution in [0, 0.1) is 27.0 Å². The monoisotopic (exact) mass is 966 g/mol. The minimum Gasteiger partial charge on any atom is -0.399 e. The van der Waals surface area contributed by atoms with Crippen LogP contribution >= 0.6 is 39.1 Å². The highest BCUT2D eigenvalue weighted by atomic mass is 79.9. The van der Waals surface area contributed by atoms with Crippen LogP contribution in [-0.2, 0) is 9.31 Å². The molecule has 3 aliphatic rings. The zero-order chi connectivity index (χ0) is 46.2. The Morgan fingerprint density at radius 2 is 1.20 bits per heavy atom. The maximum absolute atomic E-state index is 10.2. The fraction of sp³-hybridized carbons (Fsp3) is 0.417. The molecular weight excluding hydrogens is 914 g/mol. The van der Waals surface area contributed by atoms with Gasteiger partial charge in [0.1, 0.15) is 0 Å². The molecule has 2 saturated carbocycles. The van der Waals surface area contributed by atoms with Crippen LogP contribution in [-0.4, -0.2) is 59.8 Å². The Morgan fingerprint density at radius 1 is 0.719 bits per heavy atom. The van der Waals surface area contributed by atoms with Gasteiger partial charge in [0.25, 0.3) is 0 Å². The van der Waals surface area contributed by atoms with Gasteiger partial charge in [-0.2, -0.15) is 0 Å². The van der Waals surface area contributed by atoms with E-state index in [4.69, 9.17) is 57.1 Å². The quantitative estimate of drug-likeness (QED) is 0.101. The van der Waals surface area contributed by atoms with Crippen molar-refractivity contribution in [3.8, 4) is 11.1 Å². The molecule has 0 unspecified atom stereocenters. The lowest BCUT2D eigenvalue weighted by Gasteiger charge is -2.32. The summed E-state index contributed by atoms with van der Waals surface area (Å²) in [4.78, 5) is 15.3. The predicted molar refractivity (Wildman–Crippen MR) is 263 cm³/mol. The molecule has 64 heavy (non-hydrogen) atoms. The number of aliphatic hydroxyl groups excluding tert-OH is 2. The SMILES string of the molecule is Nc1cncc(Br)c1Cl.[C-]#[N+]c1cc2c(-c3cncc(N)c3Cl)cn([C@@H]3CCC[C@H](O)C3)c2cc1C.[C-]#[N+]c1cc2c(B3OC(C)(C)C(C)(C)O3)cn([C@@H]3CCC[C@H](O)C3)c2cc1C. The van der Waals surface area contributed by atoms with Crippen molar-refractivity contribution in [2.45, 2.75) is 128 Å². The Bertz CT molecular complexity index is 2760. The number of benzene rings is 2. The summed E-state index contributed by atoms with van der Waals surface area (Å²) in [6.07, 6.45) is 17.4. The summed E-state index contributed by atoms with van der Waals surface area (Å²) in [6, 6.07) is 8.51. The van der Waals surface area contributed by atoms with Crippen molar-refractivity contribution in [3.05, 3.63) is 110 Å². The summed E-state index contributed by atoms with van der Waals surface area (Å²) >= 11 is 15.3. The summed E-state index contributed by atoms with van der Waals surface area (Å²) in [7, 11) is -0.469. The van der Waals surface area contributed by atoms with Gasteiger partial charge in [-0.1, -0.05) is 23.2 Å². The molecule has 1 aliphatic heterocycles. The highest BCUT2D eigenvalue weighted by molar-refractivity contribution is 9.10. The van der Waals surface area contributed by atoms with Gasteiger partial charge in [-0.05, 0) is 155 Å². The number of nitrogens with two attached hydrogens (primary N) is 2. The van der Waals surface area contributed by atoms with Crippen LogP contribution in [0.1, 0.15) is 102 Å². The van der Waals surface area contributed by atoms with Crippen LogP contribution in [0.5, 0.6) is 0 Å². The highest BCUT2D eigenvalue weighted by Crippen LogP contribution is 2.43. The lowest BCUT2D eigenvalue weighted by Crippen LogP contribution is -2.41. The van der Waals surface area contributed by atoms with E-state index in [1.165, 1.54) is 12.4 Å². The fourth-order valence-electron chi connectivity index (χ4n) is 8.89. The molecule has 6 N–H and O–H groups in total. The van der Waals surface area contributed by atoms with Gasteiger partial charge in [-0.15, -0.1) is 0 Å². The summed E-state index contributed by atoms with van der Waals surface area (Å²) in [6.45, 7) is 27.1. The van der Waals surface area contributed by atoms with E-state index < -0.39 is 18.3 Å². The average molecular weight is 969 g/mol. The van der Waals surface area contributed by atoms with E-state index in [0.29, 0.717) is 32.8 Å². The Kier molecular flexibility index (Phi) is 14.1. The number of hydrogen-bond acceptors (Lipinski definition) is 8. The summed E-state index contributed by atoms with van der Waals surface area (Å²) in [5.41, 5.74) is 19.4. The molecule has 334 valence electrons.